The molecule has 0 fully saturated rings. The lowest BCUT2D eigenvalue weighted by molar-refractivity contribution is 1.00. The van der Waals surface area contributed by atoms with E-state index in [2.05, 4.69) is 24.6 Å². The molecule has 66 valence electrons. The Hall–Kier alpha value is -1.56. The van der Waals surface area contributed by atoms with Gasteiger partial charge in [-0.05, 0) is 6.07 Å². The maximum atomic E-state index is 4.06. The normalized spacial score (nSPS) is 9.85. The third kappa shape index (κ3) is 2.19. The maximum Gasteiger partial charge on any atom is 0.202 e. The van der Waals surface area contributed by atoms with Crippen molar-refractivity contribution in [2.75, 3.05) is 5.32 Å². The number of nitrogens with one attached hydrogen (secondary N) is 1. The van der Waals surface area contributed by atoms with Crippen molar-refractivity contribution in [1.29, 1.82) is 0 Å². The first-order valence-corrected chi connectivity index (χ1v) is 4.48. The smallest absolute Gasteiger partial charge is 0.202 e. The molecule has 6 heteroatoms. The maximum absolute atomic E-state index is 4.06. The van der Waals surface area contributed by atoms with Crippen molar-refractivity contribution in [3.8, 4) is 0 Å². The van der Waals surface area contributed by atoms with Crippen LogP contribution in [0.5, 0.6) is 0 Å². The molecule has 2 aromatic rings. The molecule has 1 N–H and O–H groups in total. The van der Waals surface area contributed by atoms with Gasteiger partial charge in [0.2, 0.25) is 5.13 Å². The first kappa shape index (κ1) is 8.06. The second-order valence-corrected chi connectivity index (χ2v) is 3.08. The molecule has 0 aliphatic rings. The Bertz CT molecular complexity index is 346. The summed E-state index contributed by atoms with van der Waals surface area (Å²) >= 11 is 1.33. The van der Waals surface area contributed by atoms with E-state index in [1.54, 1.807) is 6.20 Å². The molecule has 0 saturated heterocycles. The average Bonchev–Trinajstić information content (AvgIpc) is 2.69. The molecule has 0 aromatic carbocycles. The Kier molecular flexibility index (Phi) is 2.42. The predicted octanol–water partition coefficient (Wildman–Crippen LogP) is 0.940. The predicted molar refractivity (Wildman–Crippen MR) is 49.3 cm³/mol. The van der Waals surface area contributed by atoms with Crippen LogP contribution in [0.4, 0.5) is 5.13 Å². The van der Waals surface area contributed by atoms with Crippen molar-refractivity contribution in [3.63, 3.8) is 0 Å². The standard InChI is InChI=1S/C7H7N5S/c1-2-8-4-10-6(1)3-9-7-11-5-12-13-7/h1-2,4-5H,3H2,(H,9,11,12). The molecule has 0 aliphatic carbocycles. The topological polar surface area (TPSA) is 63.6 Å². The van der Waals surface area contributed by atoms with Crippen LogP contribution in [-0.4, -0.2) is 19.3 Å². The Labute approximate surface area is 79.1 Å². The zero-order chi connectivity index (χ0) is 8.93. The van der Waals surface area contributed by atoms with Crippen molar-refractivity contribution in [1.82, 2.24) is 19.3 Å². The van der Waals surface area contributed by atoms with Gasteiger partial charge in [-0.3, -0.25) is 0 Å². The zero-order valence-electron chi connectivity index (χ0n) is 6.71. The Morgan fingerprint density at radius 1 is 1.31 bits per heavy atom. The summed E-state index contributed by atoms with van der Waals surface area (Å²) in [5, 5.41) is 3.90. The van der Waals surface area contributed by atoms with Crippen molar-refractivity contribution >= 4 is 16.7 Å². The van der Waals surface area contributed by atoms with E-state index in [4.69, 9.17) is 0 Å². The van der Waals surface area contributed by atoms with Crippen LogP contribution in [0.1, 0.15) is 5.69 Å². The van der Waals surface area contributed by atoms with E-state index in [0.29, 0.717) is 6.54 Å². The molecule has 5 nitrogen and oxygen atoms in total. The lowest BCUT2D eigenvalue weighted by atomic mass is 10.4. The second kappa shape index (κ2) is 3.90. The van der Waals surface area contributed by atoms with Gasteiger partial charge in [0.25, 0.3) is 0 Å². The van der Waals surface area contributed by atoms with Gasteiger partial charge in [-0.25, -0.2) is 15.0 Å². The molecule has 2 heterocycles. The number of hydrogen-bond donors (Lipinski definition) is 1. The van der Waals surface area contributed by atoms with Gasteiger partial charge >= 0.3 is 0 Å². The van der Waals surface area contributed by atoms with E-state index >= 15 is 0 Å². The van der Waals surface area contributed by atoms with E-state index in [9.17, 15) is 0 Å². The fourth-order valence-corrected chi connectivity index (χ4v) is 1.26. The quantitative estimate of drug-likeness (QED) is 0.786. The molecule has 0 amide bonds. The molecule has 2 aromatic heterocycles. The molecule has 0 radical (unpaired) electrons. The highest BCUT2D eigenvalue weighted by molar-refractivity contribution is 7.09. The van der Waals surface area contributed by atoms with Gasteiger partial charge in [-0.15, -0.1) is 0 Å². The van der Waals surface area contributed by atoms with Crippen LogP contribution < -0.4 is 5.32 Å². The summed E-state index contributed by atoms with van der Waals surface area (Å²) in [6, 6.07) is 1.86. The second-order valence-electron chi connectivity index (χ2n) is 2.30. The summed E-state index contributed by atoms with van der Waals surface area (Å²) in [5.41, 5.74) is 0.935. The van der Waals surface area contributed by atoms with E-state index in [-0.39, 0.29) is 0 Å². The number of rotatable bonds is 3. The van der Waals surface area contributed by atoms with Crippen molar-refractivity contribution in [3.05, 3.63) is 30.6 Å². The fourth-order valence-electron chi connectivity index (χ4n) is 0.840. The van der Waals surface area contributed by atoms with Crippen molar-refractivity contribution in [2.45, 2.75) is 6.54 Å². The summed E-state index contributed by atoms with van der Waals surface area (Å²) in [5.74, 6) is 0. The Morgan fingerprint density at radius 3 is 3.00 bits per heavy atom. The minimum absolute atomic E-state index is 0.651. The minimum atomic E-state index is 0.651. The monoisotopic (exact) mass is 193 g/mol. The first-order valence-electron chi connectivity index (χ1n) is 3.70. The summed E-state index contributed by atoms with van der Waals surface area (Å²) < 4.78 is 3.87. The molecule has 0 spiro atoms. The van der Waals surface area contributed by atoms with Crippen LogP contribution in [0.3, 0.4) is 0 Å². The summed E-state index contributed by atoms with van der Waals surface area (Å²) in [6.07, 6.45) is 4.76. The van der Waals surface area contributed by atoms with Gasteiger partial charge in [0, 0.05) is 17.7 Å². The fraction of sp³-hybridized carbons (Fsp3) is 0.143. The molecule has 0 saturated carbocycles. The number of nitrogens with zero attached hydrogens (tertiary/aromatic N) is 4. The van der Waals surface area contributed by atoms with Gasteiger partial charge in [0.05, 0.1) is 12.2 Å². The molecule has 0 bridgehead atoms. The van der Waals surface area contributed by atoms with Crippen molar-refractivity contribution in [2.24, 2.45) is 0 Å². The first-order chi connectivity index (χ1) is 6.45. The van der Waals surface area contributed by atoms with Crippen LogP contribution in [0.15, 0.2) is 24.9 Å². The van der Waals surface area contributed by atoms with E-state index in [0.717, 1.165) is 10.8 Å². The Morgan fingerprint density at radius 2 is 2.31 bits per heavy atom. The third-order valence-electron chi connectivity index (χ3n) is 1.43. The van der Waals surface area contributed by atoms with E-state index in [1.807, 2.05) is 6.07 Å². The van der Waals surface area contributed by atoms with E-state index in [1.165, 1.54) is 24.2 Å². The largest absolute Gasteiger partial charge is 0.355 e. The molecule has 0 aliphatic heterocycles. The highest BCUT2D eigenvalue weighted by Crippen LogP contribution is 2.07. The van der Waals surface area contributed by atoms with Crippen LogP contribution in [0.2, 0.25) is 0 Å². The van der Waals surface area contributed by atoms with E-state index < -0.39 is 0 Å². The van der Waals surface area contributed by atoms with Gasteiger partial charge in [-0.2, -0.15) is 4.37 Å². The minimum Gasteiger partial charge on any atom is -0.355 e. The summed E-state index contributed by atoms with van der Waals surface area (Å²) in [4.78, 5) is 11.9. The number of aromatic nitrogens is 4. The van der Waals surface area contributed by atoms with Crippen LogP contribution in [-0.2, 0) is 6.54 Å². The molecule has 13 heavy (non-hydrogen) atoms. The SMILES string of the molecule is c1cc(CNc2ncns2)ncn1. The lowest BCUT2D eigenvalue weighted by Crippen LogP contribution is -2.00. The number of anilines is 1. The van der Waals surface area contributed by atoms with Gasteiger partial charge in [-0.1, -0.05) is 0 Å². The summed E-state index contributed by atoms with van der Waals surface area (Å²) in [6.45, 7) is 0.651. The third-order valence-corrected chi connectivity index (χ3v) is 2.05. The van der Waals surface area contributed by atoms with Crippen molar-refractivity contribution < 1.29 is 0 Å². The van der Waals surface area contributed by atoms with Gasteiger partial charge < -0.3 is 5.32 Å². The number of hydrogen-bond acceptors (Lipinski definition) is 6. The highest BCUT2D eigenvalue weighted by atomic mass is 32.1. The molecular weight excluding hydrogens is 186 g/mol. The Balaban J connectivity index is 1.94. The van der Waals surface area contributed by atoms with Crippen LogP contribution >= 0.6 is 11.5 Å². The molecular formula is C7H7N5S. The molecule has 0 unspecified atom stereocenters. The van der Waals surface area contributed by atoms with Gasteiger partial charge in [0.15, 0.2) is 0 Å². The molecule has 0 atom stereocenters. The average molecular weight is 193 g/mol. The van der Waals surface area contributed by atoms with Crippen LogP contribution in [0, 0.1) is 0 Å². The molecule has 2 rings (SSSR count). The highest BCUT2D eigenvalue weighted by Gasteiger charge is 1.95. The lowest BCUT2D eigenvalue weighted by Gasteiger charge is -1.99. The van der Waals surface area contributed by atoms with Crippen LogP contribution in [0.25, 0.3) is 0 Å². The zero-order valence-corrected chi connectivity index (χ0v) is 7.53. The summed E-state index contributed by atoms with van der Waals surface area (Å²) in [7, 11) is 0. The van der Waals surface area contributed by atoms with Gasteiger partial charge in [0.1, 0.15) is 12.7 Å².